The monoisotopic (exact) mass is 410 g/mol. The summed E-state index contributed by atoms with van der Waals surface area (Å²) in [6.45, 7) is 6.64. The maximum atomic E-state index is 12.7. The van der Waals surface area contributed by atoms with Crippen molar-refractivity contribution in [2.45, 2.75) is 20.8 Å². The molecule has 6 heteroatoms. The van der Waals surface area contributed by atoms with Crippen molar-refractivity contribution in [1.82, 2.24) is 5.43 Å². The fourth-order valence-corrected chi connectivity index (χ4v) is 3.39. The molecule has 0 bridgehead atoms. The lowest BCUT2D eigenvalue weighted by Gasteiger charge is -2.13. The third kappa shape index (κ3) is 4.69. The molecule has 3 aromatic carbocycles. The fraction of sp³-hybridized carbons (Fsp3) is 0.217. The van der Waals surface area contributed by atoms with Crippen molar-refractivity contribution in [2.75, 3.05) is 13.2 Å². The number of rotatable bonds is 7. The zero-order valence-corrected chi connectivity index (χ0v) is 17.4. The van der Waals surface area contributed by atoms with Crippen LogP contribution in [0.5, 0.6) is 11.5 Å². The maximum absolute atomic E-state index is 12.7. The molecule has 0 aliphatic rings. The van der Waals surface area contributed by atoms with Crippen molar-refractivity contribution in [3.8, 4) is 11.5 Å². The van der Waals surface area contributed by atoms with Crippen LogP contribution in [0.1, 0.15) is 35.3 Å². The van der Waals surface area contributed by atoms with E-state index in [0.29, 0.717) is 40.9 Å². The third-order valence-corrected chi connectivity index (χ3v) is 4.65. The van der Waals surface area contributed by atoms with E-state index < -0.39 is 0 Å². The molecule has 1 N–H and O–H groups in total. The molecule has 1 amide bonds. The number of nitrogens with one attached hydrogen (secondary N) is 1. The quantitative estimate of drug-likeness (QED) is 0.421. The Morgan fingerprint density at radius 1 is 1.10 bits per heavy atom. The van der Waals surface area contributed by atoms with Gasteiger partial charge in [0.15, 0.2) is 11.5 Å². The summed E-state index contributed by atoms with van der Waals surface area (Å²) < 4.78 is 11.2. The highest BCUT2D eigenvalue weighted by atomic mass is 35.5. The van der Waals surface area contributed by atoms with Crippen LogP contribution >= 0.6 is 11.6 Å². The number of hydrazone groups is 1. The van der Waals surface area contributed by atoms with Gasteiger partial charge in [0.1, 0.15) is 0 Å². The first-order chi connectivity index (χ1) is 14.0. The van der Waals surface area contributed by atoms with E-state index in [0.717, 1.165) is 16.3 Å². The molecule has 3 aromatic rings. The molecule has 0 saturated heterocycles. The van der Waals surface area contributed by atoms with E-state index in [1.807, 2.05) is 57.2 Å². The number of hydrogen-bond donors (Lipinski definition) is 1. The lowest BCUT2D eigenvalue weighted by Crippen LogP contribution is -2.19. The van der Waals surface area contributed by atoms with Gasteiger partial charge in [0.05, 0.1) is 30.0 Å². The summed E-state index contributed by atoms with van der Waals surface area (Å²) in [6.07, 6.45) is 1.53. The summed E-state index contributed by atoms with van der Waals surface area (Å²) in [5.74, 6) is 0.778. The molecule has 5 nitrogen and oxygen atoms in total. The number of carbonyl (C=O) groups is 1. The molecule has 29 heavy (non-hydrogen) atoms. The van der Waals surface area contributed by atoms with Crippen LogP contribution in [0.2, 0.25) is 5.02 Å². The van der Waals surface area contributed by atoms with Crippen LogP contribution in [0.15, 0.2) is 53.6 Å². The maximum Gasteiger partial charge on any atom is 0.272 e. The first kappa shape index (κ1) is 20.7. The van der Waals surface area contributed by atoms with E-state index in [-0.39, 0.29) is 5.91 Å². The zero-order valence-electron chi connectivity index (χ0n) is 16.7. The molecule has 0 atom stereocenters. The number of nitrogens with zero attached hydrogens (tertiary/aromatic N) is 1. The smallest absolute Gasteiger partial charge is 0.272 e. The number of carbonyl (C=O) groups excluding carboxylic acids is 1. The standard InChI is InChI=1S/C23H23ClN2O3/c1-4-28-20-13-16(12-19(24)22(20)29-5-2)14-25-26-23(27)21-15(3)10-11-17-8-6-7-9-18(17)21/h6-14H,4-5H2,1-3H3,(H,26,27)/b25-14-. The first-order valence-electron chi connectivity index (χ1n) is 9.46. The highest BCUT2D eigenvalue weighted by molar-refractivity contribution is 6.32. The molecule has 0 spiro atoms. The number of fused-ring (bicyclic) bond motifs is 1. The van der Waals surface area contributed by atoms with Crippen LogP contribution in [-0.4, -0.2) is 25.3 Å². The van der Waals surface area contributed by atoms with E-state index in [1.165, 1.54) is 6.21 Å². The highest BCUT2D eigenvalue weighted by Crippen LogP contribution is 2.36. The molecule has 0 radical (unpaired) electrons. The van der Waals surface area contributed by atoms with Gasteiger partial charge in [-0.05, 0) is 54.8 Å². The van der Waals surface area contributed by atoms with Crippen molar-refractivity contribution >= 4 is 34.5 Å². The molecule has 0 saturated carbocycles. The van der Waals surface area contributed by atoms with Crippen LogP contribution in [0.25, 0.3) is 10.8 Å². The van der Waals surface area contributed by atoms with Gasteiger partial charge < -0.3 is 9.47 Å². The average molecular weight is 411 g/mol. The highest BCUT2D eigenvalue weighted by Gasteiger charge is 2.13. The predicted octanol–water partition coefficient (Wildman–Crippen LogP) is 5.36. The van der Waals surface area contributed by atoms with E-state index in [1.54, 1.807) is 12.1 Å². The van der Waals surface area contributed by atoms with E-state index in [9.17, 15) is 4.79 Å². The summed E-state index contributed by atoms with van der Waals surface area (Å²) in [5.41, 5.74) is 4.80. The van der Waals surface area contributed by atoms with E-state index >= 15 is 0 Å². The normalized spacial score (nSPS) is 11.0. The summed E-state index contributed by atoms with van der Waals surface area (Å²) >= 11 is 6.32. The van der Waals surface area contributed by atoms with Gasteiger partial charge in [-0.25, -0.2) is 5.43 Å². The SMILES string of the molecule is CCOc1cc(/C=N\NC(=O)c2c(C)ccc3ccccc23)cc(Cl)c1OCC. The van der Waals surface area contributed by atoms with Gasteiger partial charge in [0.2, 0.25) is 0 Å². The van der Waals surface area contributed by atoms with Crippen molar-refractivity contribution in [3.05, 3.63) is 70.2 Å². The number of aryl methyl sites for hydroxylation is 1. The number of amides is 1. The Balaban J connectivity index is 1.83. The largest absolute Gasteiger partial charge is 0.490 e. The van der Waals surface area contributed by atoms with Crippen LogP contribution in [0.4, 0.5) is 0 Å². The molecule has 0 heterocycles. The van der Waals surface area contributed by atoms with Crippen molar-refractivity contribution in [1.29, 1.82) is 0 Å². The van der Waals surface area contributed by atoms with Gasteiger partial charge in [0, 0.05) is 0 Å². The summed E-state index contributed by atoms with van der Waals surface area (Å²) in [6, 6.07) is 15.2. The molecule has 0 unspecified atom stereocenters. The number of hydrogen-bond acceptors (Lipinski definition) is 4. The molecule has 3 rings (SSSR count). The molecule has 0 fully saturated rings. The number of halogens is 1. The summed E-state index contributed by atoms with van der Waals surface area (Å²) in [5, 5.41) is 6.43. The minimum absolute atomic E-state index is 0.266. The Morgan fingerprint density at radius 2 is 1.86 bits per heavy atom. The Kier molecular flexibility index (Phi) is 6.73. The van der Waals surface area contributed by atoms with Gasteiger partial charge in [-0.2, -0.15) is 5.10 Å². The Hall–Kier alpha value is -3.05. The second-order valence-electron chi connectivity index (χ2n) is 6.37. The zero-order chi connectivity index (χ0) is 20.8. The molecule has 150 valence electrons. The lowest BCUT2D eigenvalue weighted by molar-refractivity contribution is 0.0956. The van der Waals surface area contributed by atoms with E-state index in [4.69, 9.17) is 21.1 Å². The Morgan fingerprint density at radius 3 is 2.62 bits per heavy atom. The second-order valence-corrected chi connectivity index (χ2v) is 6.78. The minimum atomic E-state index is -0.266. The fourth-order valence-electron chi connectivity index (χ4n) is 3.11. The molecular weight excluding hydrogens is 388 g/mol. The molecule has 0 aliphatic heterocycles. The van der Waals surface area contributed by atoms with Crippen LogP contribution < -0.4 is 14.9 Å². The Labute approximate surface area is 175 Å². The first-order valence-corrected chi connectivity index (χ1v) is 9.83. The van der Waals surface area contributed by atoms with Crippen molar-refractivity contribution in [2.24, 2.45) is 5.10 Å². The van der Waals surface area contributed by atoms with Gasteiger partial charge >= 0.3 is 0 Å². The molecule has 0 aliphatic carbocycles. The van der Waals surface area contributed by atoms with Crippen molar-refractivity contribution < 1.29 is 14.3 Å². The number of ether oxygens (including phenoxy) is 2. The summed E-state index contributed by atoms with van der Waals surface area (Å²) in [4.78, 5) is 12.7. The van der Waals surface area contributed by atoms with Crippen molar-refractivity contribution in [3.63, 3.8) is 0 Å². The predicted molar refractivity (Wildman–Crippen MR) is 118 cm³/mol. The summed E-state index contributed by atoms with van der Waals surface area (Å²) in [7, 11) is 0. The van der Waals surface area contributed by atoms with Crippen LogP contribution in [0, 0.1) is 6.92 Å². The van der Waals surface area contributed by atoms with Gasteiger partial charge in [-0.3, -0.25) is 4.79 Å². The third-order valence-electron chi connectivity index (χ3n) is 4.36. The number of benzene rings is 3. The van der Waals surface area contributed by atoms with Gasteiger partial charge in [0.25, 0.3) is 5.91 Å². The molecular formula is C23H23ClN2O3. The van der Waals surface area contributed by atoms with Gasteiger partial charge in [-0.1, -0.05) is 48.0 Å². The van der Waals surface area contributed by atoms with Gasteiger partial charge in [-0.15, -0.1) is 0 Å². The Bertz CT molecular complexity index is 1060. The lowest BCUT2D eigenvalue weighted by atomic mass is 9.99. The second kappa shape index (κ2) is 9.43. The van der Waals surface area contributed by atoms with Crippen LogP contribution in [0.3, 0.4) is 0 Å². The topological polar surface area (TPSA) is 59.9 Å². The van der Waals surface area contributed by atoms with Crippen LogP contribution in [-0.2, 0) is 0 Å². The molecule has 0 aromatic heterocycles. The minimum Gasteiger partial charge on any atom is -0.490 e. The van der Waals surface area contributed by atoms with E-state index in [2.05, 4.69) is 10.5 Å². The average Bonchev–Trinajstić information content (AvgIpc) is 2.70.